The van der Waals surface area contributed by atoms with Gasteiger partial charge in [-0.2, -0.15) is 0 Å². The van der Waals surface area contributed by atoms with E-state index in [1.165, 1.54) is 12.7 Å². The van der Waals surface area contributed by atoms with Crippen LogP contribution < -0.4 is 10.2 Å². The van der Waals surface area contributed by atoms with Gasteiger partial charge in [0.1, 0.15) is 5.75 Å². The molecule has 1 heterocycles. The summed E-state index contributed by atoms with van der Waals surface area (Å²) in [5.74, 6) is 0.360. The number of hydrogen-bond acceptors (Lipinski definition) is 6. The van der Waals surface area contributed by atoms with Gasteiger partial charge in [-0.1, -0.05) is 12.1 Å². The van der Waals surface area contributed by atoms with Crippen LogP contribution in [0.4, 0.5) is 0 Å². The van der Waals surface area contributed by atoms with Gasteiger partial charge in [-0.25, -0.2) is 0 Å². The number of benzene rings is 2. The van der Waals surface area contributed by atoms with Crippen LogP contribution in [0.25, 0.3) is 10.8 Å². The molecule has 1 atom stereocenters. The molecule has 7 heteroatoms. The van der Waals surface area contributed by atoms with Gasteiger partial charge in [0.05, 0.1) is 24.2 Å². The quantitative estimate of drug-likeness (QED) is 0.428. The molecule has 0 radical (unpaired) electrons. The van der Waals surface area contributed by atoms with Crippen LogP contribution in [0.2, 0.25) is 0 Å². The maximum atomic E-state index is 12.2. The van der Waals surface area contributed by atoms with Gasteiger partial charge < -0.3 is 23.5 Å². The lowest BCUT2D eigenvalue weighted by molar-refractivity contribution is -0.145. The summed E-state index contributed by atoms with van der Waals surface area (Å²) < 4.78 is 28.6. The standard InChI is InChI=1S/C23H29BO6/c1-22(2)23(3,4)30-24(29-22)19-12-17(28-13-26-5)10-15-8-7-14-9-16(21(25)27-6)11-18(14)20(15)19/h7-8,10,12,16H,9,11,13H2,1-6H3. The lowest BCUT2D eigenvalue weighted by Gasteiger charge is -2.32. The zero-order valence-corrected chi connectivity index (χ0v) is 18.5. The predicted octanol–water partition coefficient (Wildman–Crippen LogP) is 3.01. The fourth-order valence-corrected chi connectivity index (χ4v) is 4.30. The molecule has 1 aliphatic heterocycles. The van der Waals surface area contributed by atoms with Gasteiger partial charge in [-0.05, 0) is 80.0 Å². The minimum absolute atomic E-state index is 0.156. The van der Waals surface area contributed by atoms with E-state index in [1.807, 2.05) is 39.8 Å². The molecule has 1 aliphatic carbocycles. The number of rotatable bonds is 5. The highest BCUT2D eigenvalue weighted by atomic mass is 16.7. The summed E-state index contributed by atoms with van der Waals surface area (Å²) in [6, 6.07) is 8.13. The first-order chi connectivity index (χ1) is 14.2. The zero-order chi connectivity index (χ0) is 21.7. The van der Waals surface area contributed by atoms with Crippen LogP contribution in [0.3, 0.4) is 0 Å². The molecule has 1 fully saturated rings. The zero-order valence-electron chi connectivity index (χ0n) is 18.5. The van der Waals surface area contributed by atoms with E-state index >= 15 is 0 Å². The van der Waals surface area contributed by atoms with Crippen LogP contribution in [-0.2, 0) is 36.4 Å². The Labute approximate surface area is 177 Å². The second-order valence-corrected chi connectivity index (χ2v) is 9.08. The molecule has 1 unspecified atom stereocenters. The molecular formula is C23H29BO6. The van der Waals surface area contributed by atoms with Crippen LogP contribution in [0.1, 0.15) is 38.8 Å². The number of fused-ring (bicyclic) bond motifs is 3. The first-order valence-electron chi connectivity index (χ1n) is 10.3. The van der Waals surface area contributed by atoms with Gasteiger partial charge in [0, 0.05) is 7.11 Å². The van der Waals surface area contributed by atoms with Crippen molar-refractivity contribution in [2.45, 2.75) is 51.7 Å². The minimum Gasteiger partial charge on any atom is -0.469 e. The van der Waals surface area contributed by atoms with Crippen LogP contribution in [0, 0.1) is 5.92 Å². The van der Waals surface area contributed by atoms with E-state index in [0.717, 1.165) is 21.8 Å². The maximum Gasteiger partial charge on any atom is 0.495 e. The number of methoxy groups -OCH3 is 2. The molecule has 0 N–H and O–H groups in total. The molecule has 0 amide bonds. The smallest absolute Gasteiger partial charge is 0.469 e. The van der Waals surface area contributed by atoms with Crippen LogP contribution in [-0.4, -0.2) is 45.3 Å². The van der Waals surface area contributed by atoms with Gasteiger partial charge in [0.2, 0.25) is 0 Å². The van der Waals surface area contributed by atoms with Crippen LogP contribution >= 0.6 is 0 Å². The molecular weight excluding hydrogens is 383 g/mol. The third-order valence-corrected chi connectivity index (χ3v) is 6.63. The van der Waals surface area contributed by atoms with Gasteiger partial charge >= 0.3 is 13.1 Å². The topological polar surface area (TPSA) is 63.2 Å². The van der Waals surface area contributed by atoms with E-state index < -0.39 is 18.3 Å². The van der Waals surface area contributed by atoms with Crippen molar-refractivity contribution in [3.05, 3.63) is 35.4 Å². The summed E-state index contributed by atoms with van der Waals surface area (Å²) in [5.41, 5.74) is 2.33. The number of carbonyl (C=O) groups is 1. The van der Waals surface area contributed by atoms with Crippen molar-refractivity contribution in [1.29, 1.82) is 0 Å². The lowest BCUT2D eigenvalue weighted by Crippen LogP contribution is -2.41. The third kappa shape index (κ3) is 3.49. The Bertz CT molecular complexity index is 967. The Hall–Kier alpha value is -2.09. The van der Waals surface area contributed by atoms with Crippen LogP contribution in [0.5, 0.6) is 5.75 Å². The van der Waals surface area contributed by atoms with Crippen molar-refractivity contribution in [3.8, 4) is 5.75 Å². The highest BCUT2D eigenvalue weighted by Crippen LogP contribution is 2.39. The molecule has 0 aromatic heterocycles. The Morgan fingerprint density at radius 1 is 1.10 bits per heavy atom. The predicted molar refractivity (Wildman–Crippen MR) is 115 cm³/mol. The van der Waals surface area contributed by atoms with E-state index in [4.69, 9.17) is 23.5 Å². The monoisotopic (exact) mass is 412 g/mol. The first kappa shape index (κ1) is 21.2. The van der Waals surface area contributed by atoms with Crippen molar-refractivity contribution >= 4 is 29.3 Å². The van der Waals surface area contributed by atoms with Gasteiger partial charge in [-0.3, -0.25) is 4.79 Å². The number of ether oxygens (including phenoxy) is 3. The Morgan fingerprint density at radius 3 is 2.43 bits per heavy atom. The maximum absolute atomic E-state index is 12.2. The van der Waals surface area contributed by atoms with E-state index in [-0.39, 0.29) is 18.7 Å². The Balaban J connectivity index is 1.85. The van der Waals surface area contributed by atoms with Crippen molar-refractivity contribution in [3.63, 3.8) is 0 Å². The highest BCUT2D eigenvalue weighted by Gasteiger charge is 2.52. The third-order valence-electron chi connectivity index (χ3n) is 6.63. The summed E-state index contributed by atoms with van der Waals surface area (Å²) in [6.45, 7) is 8.32. The fraction of sp³-hybridized carbons (Fsp3) is 0.522. The second-order valence-electron chi connectivity index (χ2n) is 9.08. The highest BCUT2D eigenvalue weighted by molar-refractivity contribution is 6.65. The number of carbonyl (C=O) groups excluding carboxylic acids is 1. The summed E-state index contributed by atoms with van der Waals surface area (Å²) in [6.07, 6.45) is 1.33. The average Bonchev–Trinajstić information content (AvgIpc) is 3.22. The van der Waals surface area contributed by atoms with Crippen molar-refractivity contribution < 1.29 is 28.3 Å². The lowest BCUT2D eigenvalue weighted by atomic mass is 9.74. The van der Waals surface area contributed by atoms with Crippen molar-refractivity contribution in [2.75, 3.05) is 21.0 Å². The second kappa shape index (κ2) is 7.55. The molecule has 160 valence electrons. The molecule has 1 saturated heterocycles. The fourth-order valence-electron chi connectivity index (χ4n) is 4.30. The van der Waals surface area contributed by atoms with Crippen LogP contribution in [0.15, 0.2) is 24.3 Å². The molecule has 6 nitrogen and oxygen atoms in total. The van der Waals surface area contributed by atoms with Gasteiger partial charge in [0.15, 0.2) is 6.79 Å². The van der Waals surface area contributed by atoms with E-state index in [1.54, 1.807) is 7.11 Å². The van der Waals surface area contributed by atoms with Crippen molar-refractivity contribution in [2.24, 2.45) is 5.92 Å². The molecule has 2 aromatic carbocycles. The summed E-state index contributed by atoms with van der Waals surface area (Å²) in [5, 5.41) is 2.10. The molecule has 0 saturated carbocycles. The molecule has 4 rings (SSSR count). The molecule has 0 spiro atoms. The molecule has 2 aromatic rings. The van der Waals surface area contributed by atoms with E-state index in [2.05, 4.69) is 12.1 Å². The first-order valence-corrected chi connectivity index (χ1v) is 10.3. The Kier molecular flexibility index (Phi) is 5.33. The molecule has 30 heavy (non-hydrogen) atoms. The number of esters is 1. The minimum atomic E-state index is -0.535. The number of hydrogen-bond donors (Lipinski definition) is 0. The van der Waals surface area contributed by atoms with Crippen molar-refractivity contribution in [1.82, 2.24) is 0 Å². The molecule has 2 aliphatic rings. The largest absolute Gasteiger partial charge is 0.495 e. The summed E-state index contributed by atoms with van der Waals surface area (Å²) in [7, 11) is 2.50. The van der Waals surface area contributed by atoms with Gasteiger partial charge in [0.25, 0.3) is 0 Å². The van der Waals surface area contributed by atoms with E-state index in [0.29, 0.717) is 18.6 Å². The SMILES string of the molecule is COCOc1cc(B2OC(C)(C)C(C)(C)O2)c2c3c(ccc2c1)CC(C(=O)OC)C3. The van der Waals surface area contributed by atoms with E-state index in [9.17, 15) is 4.79 Å². The summed E-state index contributed by atoms with van der Waals surface area (Å²) in [4.78, 5) is 12.2. The summed E-state index contributed by atoms with van der Waals surface area (Å²) >= 11 is 0. The Morgan fingerprint density at radius 2 is 1.80 bits per heavy atom. The normalized spacial score (nSPS) is 21.7. The van der Waals surface area contributed by atoms with Gasteiger partial charge in [-0.15, -0.1) is 0 Å². The molecule has 0 bridgehead atoms. The average molecular weight is 412 g/mol.